The molecule has 54 heavy (non-hydrogen) atoms. The van der Waals surface area contributed by atoms with Crippen LogP contribution in [0.4, 0.5) is 0 Å². The first-order chi connectivity index (χ1) is 26.6. The minimum atomic E-state index is 1.06. The summed E-state index contributed by atoms with van der Waals surface area (Å²) in [5, 5.41) is 2.35. The van der Waals surface area contributed by atoms with Gasteiger partial charge < -0.3 is 19.9 Å². The van der Waals surface area contributed by atoms with Crippen molar-refractivity contribution in [3.8, 4) is 22.3 Å². The van der Waals surface area contributed by atoms with Crippen molar-refractivity contribution in [3.63, 3.8) is 0 Å². The SMILES string of the molecule is CSC1=C(SC)SC(=c2c3ccc([nH]3)[c+](-c3ccccc3)c3ccc([nH]3)c(=C3SC(SC)=C(SC)S3)c3ccc([nH]3)[c+](-c3ccccc3)c3ccc2[nH]3)S1. The topological polar surface area (TPSA) is 63.2 Å². The maximum Gasteiger partial charge on any atom is 0.117 e. The van der Waals surface area contributed by atoms with Crippen molar-refractivity contribution >= 4 is 147 Å². The number of rotatable bonds is 6. The van der Waals surface area contributed by atoms with E-state index in [1.165, 1.54) is 35.9 Å². The second-order valence-corrected chi connectivity index (χ2v) is 21.2. The summed E-state index contributed by atoms with van der Waals surface area (Å²) in [4.78, 5) is 15.7. The summed E-state index contributed by atoms with van der Waals surface area (Å²) in [5.41, 5.74) is 13.1. The molecule has 268 valence electrons. The average Bonchev–Trinajstić information content (AvgIpc) is 4.07. The van der Waals surface area contributed by atoms with Crippen molar-refractivity contribution in [1.29, 1.82) is 0 Å². The van der Waals surface area contributed by atoms with Crippen LogP contribution in [0.1, 0.15) is 0 Å². The molecular formula is C42H34N4S8+2. The lowest BCUT2D eigenvalue weighted by Gasteiger charge is -2.00. The van der Waals surface area contributed by atoms with Crippen LogP contribution in [0.2, 0.25) is 0 Å². The third-order valence-electron chi connectivity index (χ3n) is 9.25. The zero-order valence-electron chi connectivity index (χ0n) is 29.7. The van der Waals surface area contributed by atoms with Crippen LogP contribution >= 0.6 is 94.1 Å². The van der Waals surface area contributed by atoms with E-state index in [4.69, 9.17) is 0 Å². The van der Waals surface area contributed by atoms with Gasteiger partial charge in [0.25, 0.3) is 0 Å². The molecule has 2 aromatic carbocycles. The minimum Gasteiger partial charge on any atom is -0.341 e. The first-order valence-electron chi connectivity index (χ1n) is 17.0. The van der Waals surface area contributed by atoms with E-state index in [1.54, 1.807) is 0 Å². The molecule has 0 unspecified atom stereocenters. The second kappa shape index (κ2) is 15.9. The third kappa shape index (κ3) is 6.80. The van der Waals surface area contributed by atoms with Gasteiger partial charge in [0.1, 0.15) is 33.2 Å². The lowest BCUT2D eigenvalue weighted by molar-refractivity contribution is 1.46. The van der Waals surface area contributed by atoms with Gasteiger partial charge in [0.2, 0.25) is 0 Å². The quantitative estimate of drug-likeness (QED) is 0.123. The van der Waals surface area contributed by atoms with Gasteiger partial charge in [-0.1, -0.05) is 47.0 Å². The number of aromatic nitrogens is 4. The molecule has 0 saturated heterocycles. The number of hydrogen-bond donors (Lipinski definition) is 4. The molecule has 0 amide bonds. The van der Waals surface area contributed by atoms with Crippen molar-refractivity contribution < 1.29 is 0 Å². The summed E-state index contributed by atoms with van der Waals surface area (Å²) >= 11 is 14.8. The number of H-pyrrole nitrogens is 4. The molecule has 5 aromatic heterocycles. The fourth-order valence-corrected chi connectivity index (χ4v) is 17.1. The Labute approximate surface area is 347 Å². The summed E-state index contributed by atoms with van der Waals surface area (Å²) in [6, 6.07) is 39.4. The number of hydrogen-bond acceptors (Lipinski definition) is 8. The van der Waals surface area contributed by atoms with Crippen LogP contribution in [0, 0.1) is 0 Å². The highest BCUT2D eigenvalue weighted by Crippen LogP contribution is 2.58. The molecule has 4 nitrogen and oxygen atoms in total. The molecule has 2 aliphatic rings. The molecular weight excluding hydrogens is 817 g/mol. The first kappa shape index (κ1) is 36.7. The van der Waals surface area contributed by atoms with Crippen molar-refractivity contribution in [3.05, 3.63) is 137 Å². The Hall–Kier alpha value is -2.94. The fourth-order valence-electron chi connectivity index (χ4n) is 6.85. The molecule has 8 bridgehead atoms. The van der Waals surface area contributed by atoms with E-state index in [-0.39, 0.29) is 0 Å². The van der Waals surface area contributed by atoms with E-state index in [1.807, 2.05) is 94.1 Å². The van der Waals surface area contributed by atoms with Crippen LogP contribution in [0.15, 0.2) is 126 Å². The van der Waals surface area contributed by atoms with Gasteiger partial charge >= 0.3 is 0 Å². The number of aromatic amines is 4. The molecule has 7 aromatic rings. The van der Waals surface area contributed by atoms with Crippen molar-refractivity contribution in [2.24, 2.45) is 0 Å². The third-order valence-corrected chi connectivity index (χ3v) is 19.7. The fraction of sp³-hybridized carbons (Fsp3) is 0.0952. The first-order valence-corrected chi connectivity index (χ1v) is 25.2. The lowest BCUT2D eigenvalue weighted by Crippen LogP contribution is -2.04. The molecule has 7 heterocycles. The molecule has 9 rings (SSSR count). The predicted octanol–water partition coefficient (Wildman–Crippen LogP) is 13.4. The number of fused-ring (bicyclic) bond motifs is 8. The predicted molar refractivity (Wildman–Crippen MR) is 256 cm³/mol. The highest BCUT2D eigenvalue weighted by molar-refractivity contribution is 8.46. The summed E-state index contributed by atoms with van der Waals surface area (Å²) in [6.07, 6.45) is 8.70. The Morgan fingerprint density at radius 1 is 0.370 bits per heavy atom. The van der Waals surface area contributed by atoms with Crippen molar-refractivity contribution in [1.82, 2.24) is 19.9 Å². The number of benzene rings is 2. The highest BCUT2D eigenvalue weighted by Gasteiger charge is 2.25. The molecule has 0 spiro atoms. The van der Waals surface area contributed by atoms with Crippen molar-refractivity contribution in [2.75, 3.05) is 25.0 Å². The van der Waals surface area contributed by atoms with Gasteiger partial charge in [0, 0.05) is 59.0 Å². The molecule has 0 atom stereocenters. The van der Waals surface area contributed by atoms with E-state index in [2.05, 4.69) is 154 Å². The standard InChI is InChI=1S/C42H34N4S8/c1-47-39-40(48-2)52-37(51-39)35-29-19-15-25(43-29)33(23-11-7-5-8-12-23)27-17-21-31(45-27)36(38-53-41(49-3)42(50-4)54-38)32-22-18-28(46-32)34(24-13-9-6-10-14-24)26-16-20-30(35)44-26/h5-22,43-46H,1-4H3/q+2. The molecule has 2 aliphatic heterocycles. The minimum absolute atomic E-state index is 1.06. The van der Waals surface area contributed by atoms with E-state index in [0.29, 0.717) is 0 Å². The van der Waals surface area contributed by atoms with Gasteiger partial charge in [-0.25, -0.2) is 0 Å². The van der Waals surface area contributed by atoms with Gasteiger partial charge in [-0.2, -0.15) is 0 Å². The van der Waals surface area contributed by atoms with Gasteiger partial charge in [-0.15, -0.1) is 47.0 Å². The van der Waals surface area contributed by atoms with Gasteiger partial charge in [-0.3, -0.25) is 0 Å². The summed E-state index contributed by atoms with van der Waals surface area (Å²) in [7, 11) is 0. The maximum atomic E-state index is 3.93. The highest BCUT2D eigenvalue weighted by atomic mass is 32.3. The van der Waals surface area contributed by atoms with Gasteiger partial charge in [0.15, 0.2) is 0 Å². The Balaban J connectivity index is 1.47. The summed E-state index contributed by atoms with van der Waals surface area (Å²) in [5.74, 6) is 0. The molecule has 12 heteroatoms. The lowest BCUT2D eigenvalue weighted by atomic mass is 10.1. The zero-order valence-corrected chi connectivity index (χ0v) is 36.2. The Kier molecular flexibility index (Phi) is 10.8. The smallest absolute Gasteiger partial charge is 0.117 e. The molecule has 0 aliphatic carbocycles. The van der Waals surface area contributed by atoms with Crippen LogP contribution in [-0.2, 0) is 0 Å². The Morgan fingerprint density at radius 3 is 0.907 bits per heavy atom. The molecule has 0 saturated carbocycles. The van der Waals surface area contributed by atoms with Crippen molar-refractivity contribution in [2.45, 2.75) is 0 Å². The van der Waals surface area contributed by atoms with Crippen LogP contribution in [-0.4, -0.2) is 45.0 Å². The van der Waals surface area contributed by atoms with Crippen LogP contribution < -0.4 is 10.4 Å². The van der Waals surface area contributed by atoms with Gasteiger partial charge in [-0.05, 0) is 85.7 Å². The molecule has 0 radical (unpaired) electrons. The van der Waals surface area contributed by atoms with E-state index in [0.717, 1.165) is 66.4 Å². The molecule has 4 N–H and O–H groups in total. The Morgan fingerprint density at radius 2 is 0.648 bits per heavy atom. The Bertz CT molecular complexity index is 2540. The van der Waals surface area contributed by atoms with E-state index in [9.17, 15) is 0 Å². The second-order valence-electron chi connectivity index (χ2n) is 12.3. The zero-order chi connectivity index (χ0) is 36.8. The van der Waals surface area contributed by atoms with Crippen LogP contribution in [0.5, 0.6) is 0 Å². The largest absolute Gasteiger partial charge is 0.341 e. The normalized spacial score (nSPS) is 14.8. The monoisotopic (exact) mass is 850 g/mol. The van der Waals surface area contributed by atoms with Gasteiger partial charge in [0.05, 0.1) is 58.6 Å². The average molecular weight is 851 g/mol. The number of nitrogens with one attached hydrogen (secondary N) is 4. The van der Waals surface area contributed by atoms with Crippen LogP contribution in [0.25, 0.3) is 74.9 Å². The summed E-state index contributed by atoms with van der Waals surface area (Å²) < 4.78 is 7.92. The van der Waals surface area contributed by atoms with E-state index < -0.39 is 0 Å². The maximum absolute atomic E-state index is 3.93. The van der Waals surface area contributed by atoms with Crippen LogP contribution in [0.3, 0.4) is 0 Å². The van der Waals surface area contributed by atoms with E-state index >= 15 is 0 Å². The molecule has 0 fully saturated rings. The number of thioether (sulfide) groups is 8. The summed E-state index contributed by atoms with van der Waals surface area (Å²) in [6.45, 7) is 0.